The maximum absolute atomic E-state index is 13.4. The fourth-order valence-electron chi connectivity index (χ4n) is 1.56. The van der Waals surface area contributed by atoms with Gasteiger partial charge in [0.25, 0.3) is 0 Å². The van der Waals surface area contributed by atoms with E-state index >= 15 is 0 Å². The van der Waals surface area contributed by atoms with Crippen LogP contribution in [-0.2, 0) is 6.61 Å². The number of aldehydes is 1. The Kier molecular flexibility index (Phi) is 4.40. The molecule has 0 fully saturated rings. The van der Waals surface area contributed by atoms with Gasteiger partial charge in [-0.05, 0) is 11.6 Å². The summed E-state index contributed by atoms with van der Waals surface area (Å²) in [6.07, 6.45) is 0.337. The van der Waals surface area contributed by atoms with Crippen molar-refractivity contribution in [3.63, 3.8) is 0 Å². The van der Waals surface area contributed by atoms with Crippen molar-refractivity contribution in [1.29, 1.82) is 0 Å². The van der Waals surface area contributed by atoms with Crippen LogP contribution in [-0.4, -0.2) is 6.29 Å². The molecule has 19 heavy (non-hydrogen) atoms. The standard InChI is InChI=1S/C14H9Cl2FO2/c15-11-6-12(17)10(7-18)13(16)14(11)19-8-9-4-2-1-3-5-9/h1-7H,8H2. The first kappa shape index (κ1) is 13.8. The lowest BCUT2D eigenvalue weighted by Gasteiger charge is -2.11. The van der Waals surface area contributed by atoms with Gasteiger partial charge >= 0.3 is 0 Å². The number of hydrogen-bond acceptors (Lipinski definition) is 2. The minimum absolute atomic E-state index is 0.0315. The van der Waals surface area contributed by atoms with Crippen molar-refractivity contribution in [3.05, 3.63) is 63.4 Å². The van der Waals surface area contributed by atoms with Gasteiger partial charge in [0.1, 0.15) is 12.4 Å². The van der Waals surface area contributed by atoms with Crippen LogP contribution in [0, 0.1) is 5.82 Å². The van der Waals surface area contributed by atoms with Gasteiger partial charge in [-0.25, -0.2) is 4.39 Å². The Morgan fingerprint density at radius 3 is 2.53 bits per heavy atom. The molecule has 0 aliphatic rings. The van der Waals surface area contributed by atoms with Gasteiger partial charge in [-0.15, -0.1) is 0 Å². The molecule has 0 saturated heterocycles. The third kappa shape index (κ3) is 3.06. The molecule has 0 atom stereocenters. The molecule has 0 aliphatic heterocycles. The lowest BCUT2D eigenvalue weighted by Crippen LogP contribution is -1.99. The molecule has 0 unspecified atom stereocenters. The van der Waals surface area contributed by atoms with Gasteiger partial charge in [0.15, 0.2) is 12.0 Å². The molecule has 2 aromatic rings. The van der Waals surface area contributed by atoms with E-state index in [-0.39, 0.29) is 28.0 Å². The molecule has 2 rings (SSSR count). The second kappa shape index (κ2) is 6.04. The molecule has 5 heteroatoms. The van der Waals surface area contributed by atoms with Gasteiger partial charge in [0, 0.05) is 0 Å². The summed E-state index contributed by atoms with van der Waals surface area (Å²) in [5, 5.41) is -0.0834. The van der Waals surface area contributed by atoms with Crippen molar-refractivity contribution in [1.82, 2.24) is 0 Å². The van der Waals surface area contributed by atoms with Crippen LogP contribution in [0.1, 0.15) is 15.9 Å². The largest absolute Gasteiger partial charge is 0.486 e. The Morgan fingerprint density at radius 1 is 1.21 bits per heavy atom. The Balaban J connectivity index is 2.28. The predicted molar refractivity (Wildman–Crippen MR) is 72.6 cm³/mol. The van der Waals surface area contributed by atoms with Crippen molar-refractivity contribution in [3.8, 4) is 5.75 Å². The van der Waals surface area contributed by atoms with E-state index in [0.717, 1.165) is 11.6 Å². The van der Waals surface area contributed by atoms with Crippen LogP contribution in [0.5, 0.6) is 5.75 Å². The third-order valence-electron chi connectivity index (χ3n) is 2.51. The SMILES string of the molecule is O=Cc1c(F)cc(Cl)c(OCc2ccccc2)c1Cl. The minimum Gasteiger partial charge on any atom is -0.486 e. The highest BCUT2D eigenvalue weighted by atomic mass is 35.5. The van der Waals surface area contributed by atoms with E-state index in [9.17, 15) is 9.18 Å². The first-order chi connectivity index (χ1) is 9.13. The molecule has 2 nitrogen and oxygen atoms in total. The van der Waals surface area contributed by atoms with Crippen molar-refractivity contribution < 1.29 is 13.9 Å². The molecule has 0 radical (unpaired) electrons. The molecule has 98 valence electrons. The number of halogens is 3. The summed E-state index contributed by atoms with van der Waals surface area (Å²) in [7, 11) is 0. The number of carbonyl (C=O) groups is 1. The van der Waals surface area contributed by atoms with Crippen LogP contribution < -0.4 is 4.74 Å². The van der Waals surface area contributed by atoms with Gasteiger partial charge in [0.05, 0.1) is 15.6 Å². The molecular weight excluding hydrogens is 290 g/mol. The van der Waals surface area contributed by atoms with Gasteiger partial charge in [-0.1, -0.05) is 53.5 Å². The van der Waals surface area contributed by atoms with Crippen molar-refractivity contribution in [2.45, 2.75) is 6.61 Å². The maximum atomic E-state index is 13.4. The number of carbonyl (C=O) groups excluding carboxylic acids is 1. The molecule has 0 N–H and O–H groups in total. The molecule has 0 spiro atoms. The summed E-state index contributed by atoms with van der Waals surface area (Å²) in [6, 6.07) is 10.4. The monoisotopic (exact) mass is 298 g/mol. The highest BCUT2D eigenvalue weighted by Crippen LogP contribution is 2.37. The first-order valence-corrected chi connectivity index (χ1v) is 6.18. The summed E-state index contributed by atoms with van der Waals surface area (Å²) in [6.45, 7) is 0.226. The average Bonchev–Trinajstić information content (AvgIpc) is 2.39. The number of hydrogen-bond donors (Lipinski definition) is 0. The third-order valence-corrected chi connectivity index (χ3v) is 3.16. The van der Waals surface area contributed by atoms with E-state index in [1.807, 2.05) is 30.3 Å². The fraction of sp³-hybridized carbons (Fsp3) is 0.0714. The molecule has 0 aromatic heterocycles. The molecule has 0 aliphatic carbocycles. The van der Waals surface area contributed by atoms with Gasteiger partial charge in [0.2, 0.25) is 0 Å². The zero-order valence-corrected chi connectivity index (χ0v) is 11.2. The summed E-state index contributed by atoms with van der Waals surface area (Å²) in [5.74, 6) is -0.659. The zero-order valence-electron chi connectivity index (χ0n) is 9.70. The number of benzene rings is 2. The fourth-order valence-corrected chi connectivity index (χ4v) is 2.14. The summed E-state index contributed by atoms with van der Waals surface area (Å²) < 4.78 is 18.9. The normalized spacial score (nSPS) is 10.3. The van der Waals surface area contributed by atoms with Crippen molar-refractivity contribution >= 4 is 29.5 Å². The van der Waals surface area contributed by atoms with Crippen LogP contribution >= 0.6 is 23.2 Å². The van der Waals surface area contributed by atoms with Crippen molar-refractivity contribution in [2.75, 3.05) is 0 Å². The Labute approximate surface area is 119 Å². The summed E-state index contributed by atoms with van der Waals surface area (Å²) in [4.78, 5) is 10.8. The Hall–Kier alpha value is -1.58. The summed E-state index contributed by atoms with van der Waals surface area (Å²) >= 11 is 11.8. The maximum Gasteiger partial charge on any atom is 0.157 e. The van der Waals surface area contributed by atoms with Crippen LogP contribution in [0.15, 0.2) is 36.4 Å². The van der Waals surface area contributed by atoms with Crippen LogP contribution in [0.4, 0.5) is 4.39 Å². The Bertz CT molecular complexity index is 600. The second-order valence-electron chi connectivity index (χ2n) is 3.79. The van der Waals surface area contributed by atoms with E-state index in [1.54, 1.807) is 0 Å². The van der Waals surface area contributed by atoms with E-state index in [0.29, 0.717) is 6.29 Å². The molecule has 0 heterocycles. The summed E-state index contributed by atoms with van der Waals surface area (Å²) in [5.41, 5.74) is 0.653. The van der Waals surface area contributed by atoms with Crippen LogP contribution in [0.25, 0.3) is 0 Å². The topological polar surface area (TPSA) is 26.3 Å². The quantitative estimate of drug-likeness (QED) is 0.776. The minimum atomic E-state index is -0.767. The van der Waals surface area contributed by atoms with Crippen LogP contribution in [0.2, 0.25) is 10.0 Å². The highest BCUT2D eigenvalue weighted by molar-refractivity contribution is 6.38. The van der Waals surface area contributed by atoms with Crippen molar-refractivity contribution in [2.24, 2.45) is 0 Å². The predicted octanol–water partition coefficient (Wildman–Crippen LogP) is 4.52. The zero-order chi connectivity index (χ0) is 13.8. The van der Waals surface area contributed by atoms with E-state index in [2.05, 4.69) is 0 Å². The molecule has 0 amide bonds. The lowest BCUT2D eigenvalue weighted by atomic mass is 10.2. The molecule has 0 bridgehead atoms. The van der Waals surface area contributed by atoms with E-state index in [4.69, 9.17) is 27.9 Å². The van der Waals surface area contributed by atoms with E-state index in [1.165, 1.54) is 0 Å². The van der Waals surface area contributed by atoms with Gasteiger partial charge in [-0.3, -0.25) is 4.79 Å². The molecule has 0 saturated carbocycles. The van der Waals surface area contributed by atoms with E-state index < -0.39 is 5.82 Å². The smallest absolute Gasteiger partial charge is 0.157 e. The first-order valence-electron chi connectivity index (χ1n) is 5.43. The highest BCUT2D eigenvalue weighted by Gasteiger charge is 2.17. The van der Waals surface area contributed by atoms with Gasteiger partial charge in [-0.2, -0.15) is 0 Å². The average molecular weight is 299 g/mol. The second-order valence-corrected chi connectivity index (χ2v) is 4.57. The molecule has 2 aromatic carbocycles. The van der Waals surface area contributed by atoms with Gasteiger partial charge < -0.3 is 4.74 Å². The number of rotatable bonds is 4. The molecular formula is C14H9Cl2FO2. The number of ether oxygens (including phenoxy) is 1. The Morgan fingerprint density at radius 2 is 1.89 bits per heavy atom. The lowest BCUT2D eigenvalue weighted by molar-refractivity contribution is 0.111. The van der Waals surface area contributed by atoms with Crippen LogP contribution in [0.3, 0.4) is 0 Å².